The van der Waals surface area contributed by atoms with Crippen LogP contribution in [-0.4, -0.2) is 29.9 Å². The van der Waals surface area contributed by atoms with Gasteiger partial charge in [-0.25, -0.2) is 4.79 Å². The van der Waals surface area contributed by atoms with E-state index in [9.17, 15) is 14.4 Å². The number of rotatable bonds is 18. The van der Waals surface area contributed by atoms with Crippen molar-refractivity contribution < 1.29 is 28.6 Å². The fourth-order valence-electron chi connectivity index (χ4n) is 7.20. The molecule has 2 N–H and O–H groups in total. The molecule has 6 rings (SSSR count). The van der Waals surface area contributed by atoms with Crippen LogP contribution in [0.4, 0.5) is 4.79 Å². The fraction of sp³-hybridized carbons (Fsp3) is 0.200. The van der Waals surface area contributed by atoms with Gasteiger partial charge in [-0.05, 0) is 96.0 Å². The van der Waals surface area contributed by atoms with Crippen molar-refractivity contribution in [3.8, 4) is 23.0 Å². The molecule has 8 nitrogen and oxygen atoms in total. The first-order chi connectivity index (χ1) is 28.2. The number of benzene rings is 6. The Morgan fingerprint density at radius 1 is 0.569 bits per heavy atom. The molecular weight excluding hydrogens is 725 g/mol. The van der Waals surface area contributed by atoms with Crippen molar-refractivity contribution in [3.63, 3.8) is 0 Å². The Morgan fingerprint density at radius 3 is 1.50 bits per heavy atom. The first kappa shape index (κ1) is 41.0. The number of carbonyl (C=O) groups is 3. The van der Waals surface area contributed by atoms with Gasteiger partial charge in [0.25, 0.3) is 0 Å². The van der Waals surface area contributed by atoms with Gasteiger partial charge in [0.1, 0.15) is 35.6 Å². The molecule has 0 saturated carbocycles. The molecule has 0 aliphatic heterocycles. The van der Waals surface area contributed by atoms with Crippen molar-refractivity contribution in [2.45, 2.75) is 57.2 Å². The molecule has 0 aliphatic rings. The molecule has 295 valence electrons. The van der Waals surface area contributed by atoms with Crippen LogP contribution < -0.4 is 20.1 Å². The van der Waals surface area contributed by atoms with Gasteiger partial charge in [-0.1, -0.05) is 135 Å². The minimum atomic E-state index is -1.14. The smallest absolute Gasteiger partial charge is 0.408 e. The lowest BCUT2D eigenvalue weighted by Crippen LogP contribution is -2.60. The number of ether oxygens (including phenoxy) is 3. The molecule has 6 aromatic carbocycles. The number of alkyl carbamates (subject to hydrolysis) is 1. The number of nitrogens with one attached hydrogen (secondary N) is 2. The Labute approximate surface area is 341 Å². The van der Waals surface area contributed by atoms with E-state index in [1.54, 1.807) is 0 Å². The third-order valence-corrected chi connectivity index (χ3v) is 9.83. The maximum atomic E-state index is 14.5. The molecule has 58 heavy (non-hydrogen) atoms. The molecule has 0 heterocycles. The van der Waals surface area contributed by atoms with Crippen molar-refractivity contribution in [2.75, 3.05) is 0 Å². The van der Waals surface area contributed by atoms with E-state index in [0.717, 1.165) is 22.3 Å². The van der Waals surface area contributed by atoms with E-state index >= 15 is 0 Å². The van der Waals surface area contributed by atoms with E-state index in [0.29, 0.717) is 42.3 Å². The average molecular weight is 774 g/mol. The van der Waals surface area contributed by atoms with Crippen LogP contribution in [0.25, 0.3) is 0 Å². The Morgan fingerprint density at radius 2 is 1.02 bits per heavy atom. The summed E-state index contributed by atoms with van der Waals surface area (Å²) >= 11 is 0. The fourth-order valence-corrected chi connectivity index (χ4v) is 7.20. The summed E-state index contributed by atoms with van der Waals surface area (Å²) in [6.45, 7) is 7.91. The van der Waals surface area contributed by atoms with Crippen LogP contribution in [0, 0.1) is 12.8 Å². The molecule has 0 bridgehead atoms. The molecule has 8 heteroatoms. The van der Waals surface area contributed by atoms with E-state index in [4.69, 9.17) is 14.2 Å². The molecule has 0 saturated heterocycles. The summed E-state index contributed by atoms with van der Waals surface area (Å²) in [6.07, 6.45) is 0.183. The van der Waals surface area contributed by atoms with Crippen LogP contribution in [0.2, 0.25) is 0 Å². The zero-order valence-electron chi connectivity index (χ0n) is 32.9. The lowest BCUT2D eigenvalue weighted by molar-refractivity contribution is -0.129. The quantitative estimate of drug-likeness (QED) is 0.0902. The Hall–Kier alpha value is -6.67. The first-order valence-electron chi connectivity index (χ1n) is 19.5. The molecule has 0 aliphatic carbocycles. The van der Waals surface area contributed by atoms with Gasteiger partial charge in [0.05, 0.1) is 6.04 Å². The molecule has 6 aromatic rings. The normalized spacial score (nSPS) is 12.2. The summed E-state index contributed by atoms with van der Waals surface area (Å²) in [5.74, 6) is 1.65. The van der Waals surface area contributed by atoms with Crippen LogP contribution in [-0.2, 0) is 39.2 Å². The molecule has 1 radical (unpaired) electrons. The van der Waals surface area contributed by atoms with Crippen LogP contribution in [0.15, 0.2) is 170 Å². The summed E-state index contributed by atoms with van der Waals surface area (Å²) in [5, 5.41) is 5.88. The maximum Gasteiger partial charge on any atom is 0.408 e. The topological polar surface area (TPSA) is 103 Å². The summed E-state index contributed by atoms with van der Waals surface area (Å²) in [5.41, 5.74) is 2.28. The molecule has 2 amide bonds. The number of hydrogen-bond donors (Lipinski definition) is 2. The van der Waals surface area contributed by atoms with E-state index in [-0.39, 0.29) is 12.5 Å². The number of hydrogen-bond acceptors (Lipinski definition) is 6. The monoisotopic (exact) mass is 773 g/mol. The van der Waals surface area contributed by atoms with Crippen LogP contribution in [0.1, 0.15) is 42.5 Å². The number of para-hydroxylation sites is 2. The van der Waals surface area contributed by atoms with Crippen molar-refractivity contribution in [1.29, 1.82) is 0 Å². The van der Waals surface area contributed by atoms with Gasteiger partial charge in [-0.2, -0.15) is 0 Å². The third kappa shape index (κ3) is 11.4. The number of carbonyl (C=O) groups excluding carboxylic acids is 3. The highest BCUT2D eigenvalue weighted by atomic mass is 16.5. The highest BCUT2D eigenvalue weighted by molar-refractivity contribution is 5.95. The zero-order valence-corrected chi connectivity index (χ0v) is 32.9. The Balaban J connectivity index is 1.39. The summed E-state index contributed by atoms with van der Waals surface area (Å²) in [6, 6.07) is 51.4. The minimum absolute atomic E-state index is 0.0256. The average Bonchev–Trinajstić information content (AvgIpc) is 3.23. The van der Waals surface area contributed by atoms with Gasteiger partial charge in [0, 0.05) is 12.3 Å². The second-order valence-electron chi connectivity index (χ2n) is 14.8. The summed E-state index contributed by atoms with van der Waals surface area (Å²) < 4.78 is 18.0. The van der Waals surface area contributed by atoms with E-state index < -0.39 is 35.3 Å². The highest BCUT2D eigenvalue weighted by Crippen LogP contribution is 2.39. The zero-order chi connectivity index (χ0) is 40.7. The SMILES string of the molecule is [CH2]C(=O)[C@@H](NC(=O)[C@H](CC(C)C)NC(=O)OCc1ccccc1)C(Cc1cccc(Oc2ccccc2)c1)(Cc1cccc(Oc2ccccc2)c1)c1ccccc1. The van der Waals surface area contributed by atoms with Gasteiger partial charge in [0.2, 0.25) is 5.91 Å². The lowest BCUT2D eigenvalue weighted by Gasteiger charge is -2.42. The molecule has 2 atom stereocenters. The van der Waals surface area contributed by atoms with Crippen LogP contribution >= 0.6 is 0 Å². The predicted octanol–water partition coefficient (Wildman–Crippen LogP) is 10.2. The van der Waals surface area contributed by atoms with E-state index in [1.165, 1.54) is 0 Å². The van der Waals surface area contributed by atoms with Crippen molar-refractivity contribution >= 4 is 17.8 Å². The van der Waals surface area contributed by atoms with Gasteiger partial charge in [-0.15, -0.1) is 0 Å². The molecular formula is C50H49N2O6. The van der Waals surface area contributed by atoms with Gasteiger partial charge >= 0.3 is 6.09 Å². The standard InChI is InChI=1S/C50H49N2O6/c1-36(2)30-46(51-49(55)56-35-38-18-8-4-9-19-38)48(54)52-47(37(3)53)50(41-22-10-5-11-23-41,33-39-20-16-28-44(31-39)57-42-24-12-6-13-25-42)34-40-21-17-29-45(32-40)58-43-26-14-7-15-27-43/h4-29,31-32,36,46-47H,3,30,33-35H2,1-2H3,(H,51,55)(H,52,54)/t46-,47+/m0/s1. The van der Waals surface area contributed by atoms with Crippen molar-refractivity contribution in [1.82, 2.24) is 10.6 Å². The van der Waals surface area contributed by atoms with E-state index in [1.807, 2.05) is 184 Å². The van der Waals surface area contributed by atoms with E-state index in [2.05, 4.69) is 17.6 Å². The minimum Gasteiger partial charge on any atom is -0.457 e. The molecule has 0 unspecified atom stereocenters. The molecule has 0 aromatic heterocycles. The third-order valence-electron chi connectivity index (χ3n) is 9.83. The van der Waals surface area contributed by atoms with Gasteiger partial charge in [0.15, 0.2) is 5.78 Å². The molecule has 0 spiro atoms. The second-order valence-corrected chi connectivity index (χ2v) is 14.8. The van der Waals surface area contributed by atoms with Gasteiger partial charge in [-0.3, -0.25) is 9.59 Å². The summed E-state index contributed by atoms with van der Waals surface area (Å²) in [4.78, 5) is 41.8. The number of amides is 2. The highest BCUT2D eigenvalue weighted by Gasteiger charge is 2.45. The van der Waals surface area contributed by atoms with Crippen LogP contribution in [0.5, 0.6) is 23.0 Å². The summed E-state index contributed by atoms with van der Waals surface area (Å²) in [7, 11) is 0. The molecule has 0 fully saturated rings. The van der Waals surface area contributed by atoms with Crippen LogP contribution in [0.3, 0.4) is 0 Å². The Bertz CT molecular complexity index is 2140. The van der Waals surface area contributed by atoms with Crippen molar-refractivity contribution in [2.24, 2.45) is 5.92 Å². The van der Waals surface area contributed by atoms with Gasteiger partial charge < -0.3 is 24.8 Å². The maximum absolute atomic E-state index is 14.5. The first-order valence-corrected chi connectivity index (χ1v) is 19.5. The number of Topliss-reactive ketones (excluding diaryl/α,β-unsaturated/α-hetero) is 1. The lowest BCUT2D eigenvalue weighted by atomic mass is 9.65. The number of ketones is 1. The second kappa shape index (κ2) is 20.0. The predicted molar refractivity (Wildman–Crippen MR) is 227 cm³/mol. The Kier molecular flexibility index (Phi) is 14.1. The van der Waals surface area contributed by atoms with Crippen molar-refractivity contribution in [3.05, 3.63) is 199 Å². The largest absolute Gasteiger partial charge is 0.457 e.